The van der Waals surface area contributed by atoms with Gasteiger partial charge in [-0.1, -0.05) is 11.6 Å². The van der Waals surface area contributed by atoms with Crippen molar-refractivity contribution in [3.8, 4) is 0 Å². The largest absolute Gasteiger partial charge is 0.444 e. The van der Waals surface area contributed by atoms with Crippen molar-refractivity contribution in [2.45, 2.75) is 33.3 Å². The second kappa shape index (κ2) is 5.44. The number of nitro benzene ring substituents is 1. The topological polar surface area (TPSA) is 81.5 Å². The molecule has 104 valence electrons. The van der Waals surface area contributed by atoms with Gasteiger partial charge in [0, 0.05) is 12.1 Å². The van der Waals surface area contributed by atoms with Crippen LogP contribution in [-0.4, -0.2) is 16.6 Å². The van der Waals surface area contributed by atoms with Gasteiger partial charge >= 0.3 is 6.09 Å². The Morgan fingerprint density at radius 1 is 1.42 bits per heavy atom. The number of nitro groups is 1. The van der Waals surface area contributed by atoms with Crippen LogP contribution in [0.25, 0.3) is 0 Å². The van der Waals surface area contributed by atoms with E-state index >= 15 is 0 Å². The maximum absolute atomic E-state index is 11.6. The Hall–Kier alpha value is -1.82. The maximum atomic E-state index is 11.6. The van der Waals surface area contributed by atoms with Crippen molar-refractivity contribution < 1.29 is 14.5 Å². The fourth-order valence-electron chi connectivity index (χ4n) is 1.31. The molecule has 1 amide bonds. The molecule has 1 rings (SSSR count). The Morgan fingerprint density at radius 2 is 2.00 bits per heavy atom. The summed E-state index contributed by atoms with van der Waals surface area (Å²) in [4.78, 5) is 21.8. The smallest absolute Gasteiger partial charge is 0.412 e. The van der Waals surface area contributed by atoms with Crippen LogP contribution in [0.4, 0.5) is 16.2 Å². The fraction of sp³-hybridized carbons (Fsp3) is 0.417. The minimum Gasteiger partial charge on any atom is -0.444 e. The number of carbonyl (C=O) groups is 1. The summed E-state index contributed by atoms with van der Waals surface area (Å²) < 4.78 is 5.07. The Labute approximate surface area is 115 Å². The normalized spacial score (nSPS) is 11.0. The molecular weight excluding hydrogens is 272 g/mol. The van der Waals surface area contributed by atoms with Crippen molar-refractivity contribution in [1.82, 2.24) is 0 Å². The van der Waals surface area contributed by atoms with Crippen LogP contribution in [0.5, 0.6) is 0 Å². The molecule has 0 saturated carbocycles. The zero-order valence-electron chi connectivity index (χ0n) is 11.1. The number of amides is 1. The van der Waals surface area contributed by atoms with Crippen LogP contribution >= 0.6 is 11.6 Å². The van der Waals surface area contributed by atoms with Crippen LogP contribution in [0.2, 0.25) is 5.02 Å². The number of non-ortho nitro benzene ring substituents is 1. The van der Waals surface area contributed by atoms with Gasteiger partial charge in [-0.05, 0) is 33.3 Å². The van der Waals surface area contributed by atoms with Crippen molar-refractivity contribution in [1.29, 1.82) is 0 Å². The van der Waals surface area contributed by atoms with E-state index in [1.807, 2.05) is 0 Å². The van der Waals surface area contributed by atoms with E-state index in [9.17, 15) is 14.9 Å². The second-order valence-corrected chi connectivity index (χ2v) is 5.39. The highest BCUT2D eigenvalue weighted by Crippen LogP contribution is 2.29. The highest BCUT2D eigenvalue weighted by atomic mass is 35.5. The summed E-state index contributed by atoms with van der Waals surface area (Å²) in [6, 6.07) is 2.47. The molecule has 0 aliphatic heterocycles. The average molecular weight is 287 g/mol. The third-order valence-corrected chi connectivity index (χ3v) is 2.57. The van der Waals surface area contributed by atoms with E-state index in [-0.39, 0.29) is 16.4 Å². The molecule has 0 fully saturated rings. The number of nitrogens with zero attached hydrogens (tertiary/aromatic N) is 1. The van der Waals surface area contributed by atoms with Gasteiger partial charge in [0.2, 0.25) is 0 Å². The lowest BCUT2D eigenvalue weighted by Crippen LogP contribution is -2.27. The van der Waals surface area contributed by atoms with Crippen LogP contribution in [-0.2, 0) is 4.74 Å². The summed E-state index contributed by atoms with van der Waals surface area (Å²) in [5.41, 5.74) is -0.0455. The van der Waals surface area contributed by atoms with Crippen molar-refractivity contribution >= 4 is 29.1 Å². The molecule has 7 heteroatoms. The number of halogens is 1. The van der Waals surface area contributed by atoms with Crippen LogP contribution in [0, 0.1) is 17.0 Å². The molecule has 19 heavy (non-hydrogen) atoms. The Kier molecular flexibility index (Phi) is 4.36. The van der Waals surface area contributed by atoms with Crippen molar-refractivity contribution in [3.05, 3.63) is 32.8 Å². The number of ether oxygens (including phenoxy) is 1. The Balaban J connectivity index is 3.01. The maximum Gasteiger partial charge on any atom is 0.412 e. The number of hydrogen-bond donors (Lipinski definition) is 1. The number of benzene rings is 1. The number of anilines is 1. The summed E-state index contributed by atoms with van der Waals surface area (Å²) in [5.74, 6) is 0. The Morgan fingerprint density at radius 3 is 2.47 bits per heavy atom. The lowest BCUT2D eigenvalue weighted by Gasteiger charge is -2.20. The lowest BCUT2D eigenvalue weighted by atomic mass is 10.2. The van der Waals surface area contributed by atoms with Crippen LogP contribution in [0.3, 0.4) is 0 Å². The van der Waals surface area contributed by atoms with Crippen molar-refractivity contribution in [2.75, 3.05) is 5.32 Å². The fourth-order valence-corrected chi connectivity index (χ4v) is 1.53. The SMILES string of the molecule is Cc1c(Cl)cc([N+](=O)[O-])cc1NC(=O)OC(C)(C)C. The number of carbonyl (C=O) groups excluding carboxylic acids is 1. The van der Waals surface area contributed by atoms with Gasteiger partial charge in [0.15, 0.2) is 0 Å². The van der Waals surface area contributed by atoms with Gasteiger partial charge in [-0.3, -0.25) is 15.4 Å². The molecule has 0 aromatic heterocycles. The van der Waals surface area contributed by atoms with E-state index in [1.165, 1.54) is 12.1 Å². The summed E-state index contributed by atoms with van der Waals surface area (Å²) >= 11 is 5.88. The zero-order valence-corrected chi connectivity index (χ0v) is 11.9. The van der Waals surface area contributed by atoms with E-state index in [0.29, 0.717) is 5.56 Å². The molecule has 0 saturated heterocycles. The van der Waals surface area contributed by atoms with Crippen molar-refractivity contribution in [2.24, 2.45) is 0 Å². The molecule has 0 bridgehead atoms. The predicted octanol–water partition coefficient (Wildman–Crippen LogP) is 3.90. The van der Waals surface area contributed by atoms with E-state index in [4.69, 9.17) is 16.3 Å². The van der Waals surface area contributed by atoms with Gasteiger partial charge < -0.3 is 4.74 Å². The second-order valence-electron chi connectivity index (χ2n) is 4.98. The molecule has 1 aromatic rings. The molecule has 0 aliphatic rings. The molecule has 0 heterocycles. The minimum absolute atomic E-state index is 0.193. The lowest BCUT2D eigenvalue weighted by molar-refractivity contribution is -0.384. The molecule has 0 atom stereocenters. The Bertz CT molecular complexity index is 523. The third-order valence-electron chi connectivity index (χ3n) is 2.18. The number of nitrogens with one attached hydrogen (secondary N) is 1. The monoisotopic (exact) mass is 286 g/mol. The molecule has 1 N–H and O–H groups in total. The van der Waals surface area contributed by atoms with E-state index < -0.39 is 16.6 Å². The predicted molar refractivity (Wildman–Crippen MR) is 72.7 cm³/mol. The van der Waals surface area contributed by atoms with Crippen LogP contribution in [0.1, 0.15) is 26.3 Å². The summed E-state index contributed by atoms with van der Waals surface area (Å²) in [6.07, 6.45) is -0.688. The van der Waals surface area contributed by atoms with E-state index in [2.05, 4.69) is 5.32 Å². The molecule has 0 unspecified atom stereocenters. The first-order valence-electron chi connectivity index (χ1n) is 5.54. The first-order chi connectivity index (χ1) is 8.60. The van der Waals surface area contributed by atoms with Crippen molar-refractivity contribution in [3.63, 3.8) is 0 Å². The average Bonchev–Trinajstić information content (AvgIpc) is 2.21. The van der Waals surface area contributed by atoms with Crippen LogP contribution < -0.4 is 5.32 Å². The molecular formula is C12H15ClN2O4. The summed E-state index contributed by atoms with van der Waals surface area (Å²) in [6.45, 7) is 6.82. The number of hydrogen-bond acceptors (Lipinski definition) is 4. The summed E-state index contributed by atoms with van der Waals surface area (Å²) in [5, 5.41) is 13.4. The molecule has 0 radical (unpaired) electrons. The van der Waals surface area contributed by atoms with Gasteiger partial charge in [0.05, 0.1) is 15.6 Å². The van der Waals surface area contributed by atoms with Gasteiger partial charge in [0.25, 0.3) is 5.69 Å². The first-order valence-corrected chi connectivity index (χ1v) is 5.92. The third kappa shape index (κ3) is 4.40. The highest BCUT2D eigenvalue weighted by Gasteiger charge is 2.19. The standard InChI is InChI=1S/C12H15ClN2O4/c1-7-9(13)5-8(15(17)18)6-10(7)14-11(16)19-12(2,3)4/h5-6H,1-4H3,(H,14,16). The van der Waals surface area contributed by atoms with Gasteiger partial charge in [0.1, 0.15) is 5.60 Å². The quantitative estimate of drug-likeness (QED) is 0.660. The highest BCUT2D eigenvalue weighted by molar-refractivity contribution is 6.32. The van der Waals surface area contributed by atoms with Gasteiger partial charge in [-0.25, -0.2) is 4.79 Å². The van der Waals surface area contributed by atoms with Gasteiger partial charge in [-0.2, -0.15) is 0 Å². The number of rotatable bonds is 2. The summed E-state index contributed by atoms with van der Waals surface area (Å²) in [7, 11) is 0. The molecule has 6 nitrogen and oxygen atoms in total. The van der Waals surface area contributed by atoms with E-state index in [0.717, 1.165) is 0 Å². The molecule has 0 spiro atoms. The van der Waals surface area contributed by atoms with Gasteiger partial charge in [-0.15, -0.1) is 0 Å². The first kappa shape index (κ1) is 15.2. The van der Waals surface area contributed by atoms with Crippen LogP contribution in [0.15, 0.2) is 12.1 Å². The minimum atomic E-state index is -0.688. The zero-order chi connectivity index (χ0) is 14.8. The molecule has 0 aliphatic carbocycles. The molecule has 1 aromatic carbocycles. The van der Waals surface area contributed by atoms with E-state index in [1.54, 1.807) is 27.7 Å².